The molecule has 44 heavy (non-hydrogen) atoms. The second-order valence-electron chi connectivity index (χ2n) is 13.2. The molecule has 258 valence electrons. The predicted octanol–water partition coefficient (Wildman–Crippen LogP) is 6.42. The van der Waals surface area contributed by atoms with Crippen LogP contribution in [0.5, 0.6) is 0 Å². The zero-order chi connectivity index (χ0) is 32.5. The number of likely N-dealkylation sites (N-methyl/N-ethyl adjacent to an activating group) is 1. The van der Waals surface area contributed by atoms with Gasteiger partial charge in [-0.15, -0.1) is 23.4 Å². The number of aliphatic hydroxyl groups is 2. The molecule has 0 aromatic carbocycles. The Kier molecular flexibility index (Phi) is 19.9. The number of hydrogen-bond acceptors (Lipinski definition) is 8. The molecule has 2 heterocycles. The summed E-state index contributed by atoms with van der Waals surface area (Å²) in [7, 11) is 1.96. The van der Waals surface area contributed by atoms with E-state index in [4.69, 9.17) is 21.1 Å². The Labute approximate surface area is 277 Å². The topological polar surface area (TPSA) is 108 Å². The molecule has 2 aliphatic heterocycles. The van der Waals surface area contributed by atoms with Gasteiger partial charge < -0.3 is 25.0 Å². The van der Waals surface area contributed by atoms with Crippen molar-refractivity contribution in [3.63, 3.8) is 0 Å². The maximum Gasteiger partial charge on any atom is 0.306 e. The van der Waals surface area contributed by atoms with Crippen LogP contribution >= 0.6 is 23.4 Å². The van der Waals surface area contributed by atoms with Gasteiger partial charge in [0, 0.05) is 13.0 Å². The number of esters is 1. The number of hydrogen-bond donors (Lipinski definition) is 3. The Morgan fingerprint density at radius 2 is 1.52 bits per heavy atom. The first-order valence-corrected chi connectivity index (χ1v) is 19.2. The lowest BCUT2D eigenvalue weighted by Gasteiger charge is -2.45. The van der Waals surface area contributed by atoms with Crippen molar-refractivity contribution in [2.45, 2.75) is 177 Å². The summed E-state index contributed by atoms with van der Waals surface area (Å²) in [5, 5.41) is 24.7. The molecule has 0 aromatic heterocycles. The molecule has 2 rings (SSSR count). The van der Waals surface area contributed by atoms with Gasteiger partial charge in [-0.3, -0.25) is 14.5 Å². The maximum atomic E-state index is 13.4. The van der Waals surface area contributed by atoms with E-state index in [2.05, 4.69) is 24.1 Å². The van der Waals surface area contributed by atoms with Gasteiger partial charge in [0.1, 0.15) is 23.7 Å². The van der Waals surface area contributed by atoms with Crippen molar-refractivity contribution in [1.29, 1.82) is 0 Å². The third kappa shape index (κ3) is 13.3. The van der Waals surface area contributed by atoms with Gasteiger partial charge in [0.25, 0.3) is 0 Å². The van der Waals surface area contributed by atoms with E-state index < -0.39 is 47.2 Å². The van der Waals surface area contributed by atoms with E-state index in [0.717, 1.165) is 38.6 Å². The van der Waals surface area contributed by atoms with Crippen LogP contribution in [0.25, 0.3) is 0 Å². The summed E-state index contributed by atoms with van der Waals surface area (Å²) in [6.07, 6.45) is 16.2. The van der Waals surface area contributed by atoms with Crippen LogP contribution in [-0.4, -0.2) is 94.2 Å². The molecule has 0 saturated carbocycles. The van der Waals surface area contributed by atoms with E-state index in [9.17, 15) is 19.8 Å². The van der Waals surface area contributed by atoms with E-state index in [1.807, 2.05) is 7.05 Å². The maximum absolute atomic E-state index is 13.4. The molecule has 0 aliphatic carbocycles. The van der Waals surface area contributed by atoms with Crippen LogP contribution in [0.1, 0.15) is 130 Å². The average molecular weight is 663 g/mol. The van der Waals surface area contributed by atoms with Gasteiger partial charge in [-0.05, 0) is 45.4 Å². The second kappa shape index (κ2) is 22.1. The Bertz CT molecular complexity index is 808. The number of carbonyl (C=O) groups excluding carboxylic acids is 2. The van der Waals surface area contributed by atoms with Crippen LogP contribution in [0, 0.1) is 5.92 Å². The highest BCUT2D eigenvalue weighted by atomic mass is 35.5. The number of carbonyl (C=O) groups is 2. The number of likely N-dealkylation sites (tertiary alicyclic amines) is 1. The lowest BCUT2D eigenvalue weighted by molar-refractivity contribution is -0.220. The number of alkyl halides is 1. The van der Waals surface area contributed by atoms with Crippen molar-refractivity contribution in [1.82, 2.24) is 10.2 Å². The summed E-state index contributed by atoms with van der Waals surface area (Å²) in [4.78, 5) is 28.2. The Morgan fingerprint density at radius 1 is 0.955 bits per heavy atom. The quantitative estimate of drug-likeness (QED) is 0.0693. The van der Waals surface area contributed by atoms with Gasteiger partial charge in [-0.2, -0.15) is 0 Å². The number of rotatable bonds is 22. The minimum Gasteiger partial charge on any atom is -0.457 e. The van der Waals surface area contributed by atoms with Crippen molar-refractivity contribution < 1.29 is 29.3 Å². The van der Waals surface area contributed by atoms with Crippen molar-refractivity contribution in [3.05, 3.63) is 0 Å². The molecule has 8 nitrogen and oxygen atoms in total. The summed E-state index contributed by atoms with van der Waals surface area (Å²) in [6, 6.07) is -1.01. The molecular formula is C34H63ClN2O6S. The lowest BCUT2D eigenvalue weighted by atomic mass is 9.92. The Balaban J connectivity index is 1.82. The van der Waals surface area contributed by atoms with E-state index in [1.54, 1.807) is 13.2 Å². The molecule has 9 atom stereocenters. The third-order valence-electron chi connectivity index (χ3n) is 9.36. The number of nitrogens with one attached hydrogen (secondary N) is 1. The molecule has 2 saturated heterocycles. The molecule has 1 amide bonds. The summed E-state index contributed by atoms with van der Waals surface area (Å²) in [5.41, 5.74) is -0.740. The molecule has 2 fully saturated rings. The zero-order valence-electron chi connectivity index (χ0n) is 28.2. The first kappa shape index (κ1) is 39.6. The van der Waals surface area contributed by atoms with Gasteiger partial charge in [-0.1, -0.05) is 97.3 Å². The van der Waals surface area contributed by atoms with Gasteiger partial charge in [0.2, 0.25) is 5.91 Å². The largest absolute Gasteiger partial charge is 0.457 e. The highest BCUT2D eigenvalue weighted by Gasteiger charge is 2.50. The van der Waals surface area contributed by atoms with Crippen molar-refractivity contribution >= 4 is 35.2 Å². The van der Waals surface area contributed by atoms with E-state index in [1.165, 1.54) is 76.0 Å². The monoisotopic (exact) mass is 662 g/mol. The number of ether oxygens (including phenoxy) is 2. The third-order valence-corrected chi connectivity index (χ3v) is 10.5. The lowest BCUT2D eigenvalue weighted by Crippen LogP contribution is -2.65. The standard InChI is InChI=1S/C34H63ClN2O6S/c1-6-8-9-10-11-12-13-14-15-16-17-18-19-21-27(38)42-32-29(39)31(43-34(44-5)30(32)40)28(24(3)35)36-33(41)26-22-25(20-7-2)23-37(26)4/h24-26,28-32,34,39-40H,6-23H2,1-5H3,(H,36,41). The van der Waals surface area contributed by atoms with E-state index >= 15 is 0 Å². The summed E-state index contributed by atoms with van der Waals surface area (Å²) >= 11 is 7.83. The van der Waals surface area contributed by atoms with Gasteiger partial charge in [-0.25, -0.2) is 0 Å². The van der Waals surface area contributed by atoms with Gasteiger partial charge in [0.15, 0.2) is 6.10 Å². The van der Waals surface area contributed by atoms with Crippen LogP contribution in [0.2, 0.25) is 0 Å². The average Bonchev–Trinajstić information content (AvgIpc) is 3.36. The molecule has 3 N–H and O–H groups in total. The van der Waals surface area contributed by atoms with Crippen LogP contribution in [0.3, 0.4) is 0 Å². The summed E-state index contributed by atoms with van der Waals surface area (Å²) in [5.74, 6) is -0.119. The number of nitrogens with zero attached hydrogens (tertiary/aromatic N) is 1. The number of aliphatic hydroxyl groups excluding tert-OH is 2. The van der Waals surface area contributed by atoms with Gasteiger partial charge in [0.05, 0.1) is 17.5 Å². The number of amides is 1. The smallest absolute Gasteiger partial charge is 0.306 e. The van der Waals surface area contributed by atoms with Crippen molar-refractivity contribution in [3.8, 4) is 0 Å². The molecule has 0 spiro atoms. The van der Waals surface area contributed by atoms with E-state index in [-0.39, 0.29) is 18.4 Å². The second-order valence-corrected chi connectivity index (χ2v) is 14.8. The Hall–Kier alpha value is -0.580. The number of thioether (sulfide) groups is 1. The SMILES string of the molecule is CCCCCCCCCCCCCCCC(=O)OC1C(O)C(SC)OC(C(NC(=O)C2CC(CCC)CN2C)C(C)Cl)C1O. The van der Waals surface area contributed by atoms with Gasteiger partial charge >= 0.3 is 5.97 Å². The Morgan fingerprint density at radius 3 is 2.05 bits per heavy atom. The summed E-state index contributed by atoms with van der Waals surface area (Å²) < 4.78 is 11.8. The van der Waals surface area contributed by atoms with E-state index in [0.29, 0.717) is 12.3 Å². The molecule has 0 bridgehead atoms. The molecule has 2 aliphatic rings. The van der Waals surface area contributed by atoms with Crippen LogP contribution < -0.4 is 5.32 Å². The number of unbranched alkanes of at least 4 members (excludes halogenated alkanes) is 12. The molecule has 9 unspecified atom stereocenters. The zero-order valence-corrected chi connectivity index (χ0v) is 29.8. The van der Waals surface area contributed by atoms with Crippen LogP contribution in [-0.2, 0) is 19.1 Å². The molecular weight excluding hydrogens is 600 g/mol. The fourth-order valence-corrected chi connectivity index (χ4v) is 7.62. The van der Waals surface area contributed by atoms with Crippen LogP contribution in [0.4, 0.5) is 0 Å². The minimum absolute atomic E-state index is 0.151. The number of halogens is 1. The first-order chi connectivity index (χ1) is 21.1. The van der Waals surface area contributed by atoms with Crippen LogP contribution in [0.15, 0.2) is 0 Å². The predicted molar refractivity (Wildman–Crippen MR) is 181 cm³/mol. The van der Waals surface area contributed by atoms with Crippen molar-refractivity contribution in [2.75, 3.05) is 19.8 Å². The summed E-state index contributed by atoms with van der Waals surface area (Å²) in [6.45, 7) is 7.02. The van der Waals surface area contributed by atoms with Crippen molar-refractivity contribution in [2.24, 2.45) is 5.92 Å². The first-order valence-electron chi connectivity index (χ1n) is 17.5. The fraction of sp³-hybridized carbons (Fsp3) is 0.941. The highest BCUT2D eigenvalue weighted by Crippen LogP contribution is 2.33. The fourth-order valence-electron chi connectivity index (χ4n) is 6.74. The highest BCUT2D eigenvalue weighted by molar-refractivity contribution is 7.99. The molecule has 0 radical (unpaired) electrons. The molecule has 10 heteroatoms. The minimum atomic E-state index is -1.34. The molecule has 0 aromatic rings. The normalized spacial score (nSPS) is 29.0.